The number of aromatic nitrogens is 4. The minimum Gasteiger partial charge on any atom is -0.790 e. The van der Waals surface area contributed by atoms with E-state index in [4.69, 9.17) is 10.5 Å². The van der Waals surface area contributed by atoms with Gasteiger partial charge in [0.15, 0.2) is 22.8 Å². The SMILES string of the molecule is CC(C)(C)C(=O)SCCNC(=O)CCNC(=O)[C@H](O)C(C)(C)COP(=O)([O-])OP(=O)([O-])OC[C@H]1O[C@@H](n2cnc3c(N)ncnc32)[C@H](O)[C@@H]1OP(=O)([O-])[O-]. The van der Waals surface area contributed by atoms with Crippen molar-refractivity contribution in [2.24, 2.45) is 10.8 Å². The number of nitrogen functional groups attached to an aromatic ring is 1. The van der Waals surface area contributed by atoms with E-state index < -0.39 is 90.0 Å². The molecule has 2 unspecified atom stereocenters. The predicted molar refractivity (Wildman–Crippen MR) is 178 cm³/mol. The first-order valence-electron chi connectivity index (χ1n) is 15.7. The van der Waals surface area contributed by atoms with Gasteiger partial charge in [-0.1, -0.05) is 46.4 Å². The molecule has 0 radical (unpaired) electrons. The first-order chi connectivity index (χ1) is 24.7. The fraction of sp³-hybridized carbons (Fsp3) is 0.692. The Bertz CT molecular complexity index is 1800. The molecule has 3 rings (SSSR count). The summed E-state index contributed by atoms with van der Waals surface area (Å²) in [5.74, 6) is -1.21. The molecule has 0 bridgehead atoms. The molecule has 1 aliphatic rings. The number of aliphatic hydroxyl groups excluding tert-OH is 2. The van der Waals surface area contributed by atoms with Crippen molar-refractivity contribution in [1.82, 2.24) is 30.2 Å². The molecule has 306 valence electrons. The van der Waals surface area contributed by atoms with Crippen LogP contribution in [0.25, 0.3) is 11.2 Å². The molecular formula is C26H40N7O17P3S-4. The number of phosphoric ester groups is 3. The Hall–Kier alpha value is -2.44. The van der Waals surface area contributed by atoms with Crippen molar-refractivity contribution in [3.8, 4) is 0 Å². The number of amides is 2. The maximum atomic E-state index is 12.5. The predicted octanol–water partition coefficient (Wildman–Crippen LogP) is -2.82. The van der Waals surface area contributed by atoms with Crippen molar-refractivity contribution < 1.29 is 80.5 Å². The second kappa shape index (κ2) is 18.2. The summed E-state index contributed by atoms with van der Waals surface area (Å²) < 4.78 is 60.4. The maximum Gasteiger partial charge on any atom is 0.274 e. The average molecular weight is 848 g/mol. The van der Waals surface area contributed by atoms with Gasteiger partial charge in [-0.3, -0.25) is 28.1 Å². The topological polar surface area (TPSA) is 375 Å². The van der Waals surface area contributed by atoms with Crippen LogP contribution < -0.4 is 35.9 Å². The van der Waals surface area contributed by atoms with E-state index in [0.29, 0.717) is 5.75 Å². The number of fused-ring (bicyclic) bond motifs is 1. The van der Waals surface area contributed by atoms with Crippen molar-refractivity contribution >= 4 is 69.1 Å². The van der Waals surface area contributed by atoms with Gasteiger partial charge in [0.25, 0.3) is 15.6 Å². The number of rotatable bonds is 19. The third kappa shape index (κ3) is 13.4. The highest BCUT2D eigenvalue weighted by atomic mass is 32.2. The van der Waals surface area contributed by atoms with Crippen LogP contribution in [-0.4, -0.2) is 103 Å². The van der Waals surface area contributed by atoms with E-state index in [1.165, 1.54) is 13.8 Å². The van der Waals surface area contributed by atoms with E-state index in [-0.39, 0.29) is 41.6 Å². The second-order valence-corrected chi connectivity index (χ2v) is 18.5. The largest absolute Gasteiger partial charge is 0.790 e. The molecule has 7 atom stereocenters. The van der Waals surface area contributed by atoms with Crippen LogP contribution >= 0.6 is 35.2 Å². The van der Waals surface area contributed by atoms with Gasteiger partial charge in [-0.2, -0.15) is 0 Å². The van der Waals surface area contributed by atoms with Gasteiger partial charge in [0.2, 0.25) is 11.8 Å². The Morgan fingerprint density at radius 1 is 1.04 bits per heavy atom. The number of carbonyl (C=O) groups is 3. The van der Waals surface area contributed by atoms with Gasteiger partial charge in [-0.05, 0) is 0 Å². The third-order valence-electron chi connectivity index (χ3n) is 7.32. The van der Waals surface area contributed by atoms with Crippen LogP contribution in [0.5, 0.6) is 0 Å². The molecule has 1 aliphatic heterocycles. The maximum absolute atomic E-state index is 12.5. The number of aliphatic hydroxyl groups is 2. The summed E-state index contributed by atoms with van der Waals surface area (Å²) in [6, 6.07) is 0. The van der Waals surface area contributed by atoms with Crippen molar-refractivity contribution in [2.45, 2.75) is 71.7 Å². The number of imidazole rings is 1. The number of nitrogens with one attached hydrogen (secondary N) is 2. The Morgan fingerprint density at radius 2 is 1.69 bits per heavy atom. The smallest absolute Gasteiger partial charge is 0.274 e. The molecule has 28 heteroatoms. The molecule has 0 aromatic carbocycles. The van der Waals surface area contributed by atoms with Crippen LogP contribution in [0, 0.1) is 10.8 Å². The first kappa shape index (κ1) is 45.9. The fourth-order valence-electron chi connectivity index (χ4n) is 4.47. The number of nitrogens with two attached hydrogens (primary N) is 1. The number of hydrogen-bond acceptors (Lipinski definition) is 22. The lowest BCUT2D eigenvalue weighted by Crippen LogP contribution is -2.46. The van der Waals surface area contributed by atoms with Crippen LogP contribution in [0.2, 0.25) is 0 Å². The summed E-state index contributed by atoms with van der Waals surface area (Å²) in [6.07, 6.45) is -7.57. The number of anilines is 1. The van der Waals surface area contributed by atoms with E-state index in [9.17, 15) is 57.9 Å². The van der Waals surface area contributed by atoms with Crippen molar-refractivity contribution in [3.63, 3.8) is 0 Å². The Kier molecular flexibility index (Phi) is 15.5. The normalized spacial score (nSPS) is 22.4. The summed E-state index contributed by atoms with van der Waals surface area (Å²) in [4.78, 5) is 95.8. The van der Waals surface area contributed by atoms with E-state index in [1.807, 2.05) is 0 Å². The molecule has 2 aromatic rings. The lowest BCUT2D eigenvalue weighted by molar-refractivity contribution is -0.347. The number of thioether (sulfide) groups is 1. The van der Waals surface area contributed by atoms with Crippen molar-refractivity contribution in [1.29, 1.82) is 0 Å². The van der Waals surface area contributed by atoms with Crippen molar-refractivity contribution in [3.05, 3.63) is 12.7 Å². The molecule has 1 saturated heterocycles. The monoisotopic (exact) mass is 847 g/mol. The lowest BCUT2D eigenvalue weighted by atomic mass is 9.87. The number of carbonyl (C=O) groups excluding carboxylic acids is 3. The summed E-state index contributed by atoms with van der Waals surface area (Å²) in [5.41, 5.74) is 3.53. The number of hydrogen-bond donors (Lipinski definition) is 5. The van der Waals surface area contributed by atoms with Gasteiger partial charge in [-0.15, -0.1) is 0 Å². The Labute approximate surface area is 312 Å². The minimum atomic E-state index is -5.91. The standard InChI is InChI=1S/C26H44N7O17P3S/c1-25(2,3)24(38)54-9-8-28-15(34)6-7-29-22(37)19(36)26(4,5)11-47-53(44,45)50-52(42,43)46-10-14-18(49-51(39,40)41)17(35)23(48-14)33-13-32-16-20(27)30-12-31-21(16)33/h12-14,17-19,23,35-36H,6-11H2,1-5H3,(H,28,34)(H,29,37)(H,42,43)(H,44,45)(H2,27,30,31)(H2,39,40,41)/p-4/t14-,17-,18-,19+,23-/m1/s1. The Balaban J connectivity index is 1.51. The van der Waals surface area contributed by atoms with Crippen LogP contribution in [0.4, 0.5) is 5.82 Å². The van der Waals surface area contributed by atoms with Gasteiger partial charge in [-0.25, -0.2) is 19.3 Å². The van der Waals surface area contributed by atoms with Gasteiger partial charge < -0.3 is 69.0 Å². The minimum absolute atomic E-state index is 0.0212. The van der Waals surface area contributed by atoms with E-state index in [2.05, 4.69) is 43.5 Å². The van der Waals surface area contributed by atoms with Gasteiger partial charge in [0.1, 0.15) is 36.3 Å². The first-order valence-corrected chi connectivity index (χ1v) is 21.1. The molecule has 3 heterocycles. The second-order valence-electron chi connectivity index (χ2n) is 13.4. The van der Waals surface area contributed by atoms with Crippen LogP contribution in [0.15, 0.2) is 12.7 Å². The number of ether oxygens (including phenoxy) is 1. The molecule has 2 aromatic heterocycles. The molecule has 2 amide bonds. The summed E-state index contributed by atoms with van der Waals surface area (Å²) in [5, 5.41) is 26.1. The highest BCUT2D eigenvalue weighted by Gasteiger charge is 2.47. The zero-order valence-corrected chi connectivity index (χ0v) is 32.9. The molecule has 1 fully saturated rings. The lowest BCUT2D eigenvalue weighted by Gasteiger charge is -2.36. The Morgan fingerprint density at radius 3 is 2.31 bits per heavy atom. The molecule has 0 spiro atoms. The van der Waals surface area contributed by atoms with E-state index >= 15 is 0 Å². The zero-order valence-electron chi connectivity index (χ0n) is 29.4. The quantitative estimate of drug-likeness (QED) is 0.0703. The van der Waals surface area contributed by atoms with Crippen LogP contribution in [0.1, 0.15) is 47.3 Å². The van der Waals surface area contributed by atoms with Crippen LogP contribution in [0.3, 0.4) is 0 Å². The molecule has 6 N–H and O–H groups in total. The van der Waals surface area contributed by atoms with E-state index in [0.717, 1.165) is 29.0 Å². The summed E-state index contributed by atoms with van der Waals surface area (Å²) >= 11 is 1.07. The fourth-order valence-corrected chi connectivity index (χ4v) is 8.03. The summed E-state index contributed by atoms with van der Waals surface area (Å²) in [7, 11) is -17.6. The van der Waals surface area contributed by atoms with E-state index in [1.54, 1.807) is 20.8 Å². The number of nitrogens with zero attached hydrogens (tertiary/aromatic N) is 4. The van der Waals surface area contributed by atoms with Gasteiger partial charge >= 0.3 is 0 Å². The molecule has 24 nitrogen and oxygen atoms in total. The average Bonchev–Trinajstić information content (AvgIpc) is 3.60. The highest BCUT2D eigenvalue weighted by molar-refractivity contribution is 8.13. The molecule has 0 aliphatic carbocycles. The zero-order chi connectivity index (χ0) is 40.9. The third-order valence-corrected chi connectivity index (χ3v) is 11.6. The summed E-state index contributed by atoms with van der Waals surface area (Å²) in [6.45, 7) is 5.40. The highest BCUT2D eigenvalue weighted by Crippen LogP contribution is 2.56. The number of phosphoric acid groups is 3. The van der Waals surface area contributed by atoms with Gasteiger partial charge in [0, 0.05) is 36.1 Å². The van der Waals surface area contributed by atoms with Crippen LogP contribution in [-0.2, 0) is 50.7 Å². The molecular weight excluding hydrogens is 807 g/mol. The molecule has 0 saturated carbocycles. The molecule has 54 heavy (non-hydrogen) atoms. The van der Waals surface area contributed by atoms with Crippen molar-refractivity contribution in [2.75, 3.05) is 37.8 Å². The van der Waals surface area contributed by atoms with Gasteiger partial charge in [0.05, 0.1) is 27.4 Å².